The number of hydrogen-bond acceptors (Lipinski definition) is 3. The van der Waals surface area contributed by atoms with E-state index in [1.54, 1.807) is 11.9 Å². The highest BCUT2D eigenvalue weighted by Crippen LogP contribution is 2.13. The van der Waals surface area contributed by atoms with Crippen molar-refractivity contribution >= 4 is 5.91 Å². The van der Waals surface area contributed by atoms with Crippen molar-refractivity contribution in [1.29, 1.82) is 0 Å². The summed E-state index contributed by atoms with van der Waals surface area (Å²) in [5, 5.41) is 0. The Morgan fingerprint density at radius 3 is 2.50 bits per heavy atom. The lowest BCUT2D eigenvalue weighted by atomic mass is 10.1. The summed E-state index contributed by atoms with van der Waals surface area (Å²) in [5.41, 5.74) is 6.99. The van der Waals surface area contributed by atoms with E-state index in [1.807, 2.05) is 31.2 Å². The van der Waals surface area contributed by atoms with E-state index in [9.17, 15) is 4.79 Å². The molecule has 1 atom stereocenters. The van der Waals surface area contributed by atoms with Crippen LogP contribution in [0.4, 0.5) is 0 Å². The van der Waals surface area contributed by atoms with Gasteiger partial charge in [0.1, 0.15) is 5.75 Å². The third-order valence-corrected chi connectivity index (χ3v) is 3.22. The normalized spacial score (nSPS) is 12.0. The monoisotopic (exact) mass is 278 g/mol. The van der Waals surface area contributed by atoms with Crippen LogP contribution in [0.1, 0.15) is 38.7 Å². The molecule has 0 saturated heterocycles. The number of benzene rings is 1. The summed E-state index contributed by atoms with van der Waals surface area (Å²) in [4.78, 5) is 13.8. The predicted molar refractivity (Wildman–Crippen MR) is 81.6 cm³/mol. The third-order valence-electron chi connectivity index (χ3n) is 3.22. The van der Waals surface area contributed by atoms with Crippen molar-refractivity contribution in [2.24, 2.45) is 5.73 Å². The number of carbonyl (C=O) groups is 1. The van der Waals surface area contributed by atoms with Crippen LogP contribution in [0.25, 0.3) is 0 Å². The summed E-state index contributed by atoms with van der Waals surface area (Å²) in [5.74, 6) is 0.859. The fourth-order valence-electron chi connectivity index (χ4n) is 2.04. The Balaban J connectivity index is 2.52. The van der Waals surface area contributed by atoms with Crippen molar-refractivity contribution in [1.82, 2.24) is 4.90 Å². The molecule has 0 fully saturated rings. The van der Waals surface area contributed by atoms with E-state index in [-0.39, 0.29) is 11.9 Å². The average Bonchev–Trinajstić information content (AvgIpc) is 2.46. The first kappa shape index (κ1) is 16.5. The average molecular weight is 278 g/mol. The lowest BCUT2D eigenvalue weighted by Gasteiger charge is -2.21. The van der Waals surface area contributed by atoms with Crippen molar-refractivity contribution in [2.45, 2.75) is 45.7 Å². The van der Waals surface area contributed by atoms with Gasteiger partial charge in [0.2, 0.25) is 5.91 Å². The minimum Gasteiger partial charge on any atom is -0.494 e. The smallest absolute Gasteiger partial charge is 0.239 e. The molecule has 0 aliphatic rings. The van der Waals surface area contributed by atoms with Gasteiger partial charge in [0.05, 0.1) is 12.6 Å². The van der Waals surface area contributed by atoms with Gasteiger partial charge in [0.25, 0.3) is 0 Å². The molecule has 0 aliphatic heterocycles. The van der Waals surface area contributed by atoms with Crippen molar-refractivity contribution in [2.75, 3.05) is 13.7 Å². The standard InChI is InChI=1S/C16H26N2O2/c1-4-6-7-15(17)16(19)18(3)12-13-8-10-14(11-9-13)20-5-2/h8-11,15H,4-7,12,17H2,1-3H3/t15-/m0/s1. The topological polar surface area (TPSA) is 55.6 Å². The van der Waals surface area contributed by atoms with Gasteiger partial charge in [0, 0.05) is 13.6 Å². The van der Waals surface area contributed by atoms with E-state index >= 15 is 0 Å². The number of rotatable bonds is 8. The third kappa shape index (κ3) is 5.21. The SMILES string of the molecule is CCCC[C@H](N)C(=O)N(C)Cc1ccc(OCC)cc1. The van der Waals surface area contributed by atoms with Crippen LogP contribution < -0.4 is 10.5 Å². The summed E-state index contributed by atoms with van der Waals surface area (Å²) in [6.45, 7) is 5.29. The highest BCUT2D eigenvalue weighted by Gasteiger charge is 2.17. The van der Waals surface area contributed by atoms with Crippen molar-refractivity contribution in [3.8, 4) is 5.75 Å². The molecule has 1 aromatic rings. The molecule has 1 aromatic carbocycles. The van der Waals surface area contributed by atoms with E-state index in [1.165, 1.54) is 0 Å². The molecule has 20 heavy (non-hydrogen) atoms. The van der Waals surface area contributed by atoms with E-state index in [0.717, 1.165) is 30.6 Å². The van der Waals surface area contributed by atoms with Crippen molar-refractivity contribution in [3.05, 3.63) is 29.8 Å². The number of likely N-dealkylation sites (N-methyl/N-ethyl adjacent to an activating group) is 1. The zero-order chi connectivity index (χ0) is 15.0. The Morgan fingerprint density at radius 1 is 1.30 bits per heavy atom. The van der Waals surface area contributed by atoms with E-state index in [2.05, 4.69) is 6.92 Å². The molecular formula is C16H26N2O2. The molecule has 0 unspecified atom stereocenters. The number of nitrogens with zero attached hydrogens (tertiary/aromatic N) is 1. The highest BCUT2D eigenvalue weighted by molar-refractivity contribution is 5.81. The van der Waals surface area contributed by atoms with Crippen LogP contribution in [0.15, 0.2) is 24.3 Å². The molecule has 2 N–H and O–H groups in total. The molecule has 0 aliphatic carbocycles. The quantitative estimate of drug-likeness (QED) is 0.795. The molecular weight excluding hydrogens is 252 g/mol. The molecule has 0 bridgehead atoms. The second kappa shape index (κ2) is 8.59. The Bertz CT molecular complexity index is 403. The van der Waals surface area contributed by atoms with Gasteiger partial charge in [-0.3, -0.25) is 4.79 Å². The van der Waals surface area contributed by atoms with Gasteiger partial charge in [-0.25, -0.2) is 0 Å². The molecule has 4 nitrogen and oxygen atoms in total. The van der Waals surface area contributed by atoms with Gasteiger partial charge in [-0.05, 0) is 31.0 Å². The second-order valence-electron chi connectivity index (χ2n) is 5.02. The van der Waals surface area contributed by atoms with Crippen LogP contribution >= 0.6 is 0 Å². The molecule has 0 heterocycles. The first-order chi connectivity index (χ1) is 9.58. The first-order valence-corrected chi connectivity index (χ1v) is 7.30. The number of carbonyl (C=O) groups excluding carboxylic acids is 1. The lowest BCUT2D eigenvalue weighted by molar-refractivity contribution is -0.132. The van der Waals surface area contributed by atoms with Crippen molar-refractivity contribution < 1.29 is 9.53 Å². The van der Waals surface area contributed by atoms with Crippen LogP contribution in [0.5, 0.6) is 5.75 Å². The zero-order valence-corrected chi connectivity index (χ0v) is 12.8. The van der Waals surface area contributed by atoms with Gasteiger partial charge >= 0.3 is 0 Å². The van der Waals surface area contributed by atoms with Gasteiger partial charge in [-0.15, -0.1) is 0 Å². The van der Waals surface area contributed by atoms with Gasteiger partial charge in [0.15, 0.2) is 0 Å². The number of hydrogen-bond donors (Lipinski definition) is 1. The summed E-state index contributed by atoms with van der Waals surface area (Å²) in [6.07, 6.45) is 2.80. The minimum absolute atomic E-state index is 0.00679. The maximum atomic E-state index is 12.1. The molecule has 112 valence electrons. The Morgan fingerprint density at radius 2 is 1.95 bits per heavy atom. The summed E-state index contributed by atoms with van der Waals surface area (Å²) in [7, 11) is 1.80. The summed E-state index contributed by atoms with van der Waals surface area (Å²) >= 11 is 0. The second-order valence-corrected chi connectivity index (χ2v) is 5.02. The largest absolute Gasteiger partial charge is 0.494 e. The summed E-state index contributed by atoms with van der Waals surface area (Å²) < 4.78 is 5.40. The first-order valence-electron chi connectivity index (χ1n) is 7.30. The number of amides is 1. The highest BCUT2D eigenvalue weighted by atomic mass is 16.5. The fraction of sp³-hybridized carbons (Fsp3) is 0.562. The maximum absolute atomic E-state index is 12.1. The number of unbranched alkanes of at least 4 members (excludes halogenated alkanes) is 1. The van der Waals surface area contributed by atoms with Gasteiger partial charge in [-0.1, -0.05) is 31.9 Å². The lowest BCUT2D eigenvalue weighted by Crippen LogP contribution is -2.41. The van der Waals surface area contributed by atoms with Gasteiger partial charge in [-0.2, -0.15) is 0 Å². The molecule has 4 heteroatoms. The molecule has 0 spiro atoms. The van der Waals surface area contributed by atoms with E-state index < -0.39 is 0 Å². The molecule has 0 saturated carbocycles. The minimum atomic E-state index is -0.386. The molecule has 1 amide bonds. The van der Waals surface area contributed by atoms with Crippen LogP contribution in [-0.2, 0) is 11.3 Å². The molecule has 0 aromatic heterocycles. The number of nitrogens with two attached hydrogens (primary N) is 1. The van der Waals surface area contributed by atoms with Gasteiger partial charge < -0.3 is 15.4 Å². The summed E-state index contributed by atoms with van der Waals surface area (Å²) in [6, 6.07) is 7.42. The predicted octanol–water partition coefficient (Wildman–Crippen LogP) is 2.56. The van der Waals surface area contributed by atoms with Crippen LogP contribution in [0.3, 0.4) is 0 Å². The van der Waals surface area contributed by atoms with Crippen molar-refractivity contribution in [3.63, 3.8) is 0 Å². The van der Waals surface area contributed by atoms with Crippen LogP contribution in [0, 0.1) is 0 Å². The van der Waals surface area contributed by atoms with Crippen LogP contribution in [-0.4, -0.2) is 30.5 Å². The van der Waals surface area contributed by atoms with E-state index in [0.29, 0.717) is 13.2 Å². The van der Waals surface area contributed by atoms with Crippen LogP contribution in [0.2, 0.25) is 0 Å². The maximum Gasteiger partial charge on any atom is 0.239 e. The van der Waals surface area contributed by atoms with E-state index in [4.69, 9.17) is 10.5 Å². The number of ether oxygens (including phenoxy) is 1. The Kier molecular flexibility index (Phi) is 7.09. The fourth-order valence-corrected chi connectivity index (χ4v) is 2.04. The Hall–Kier alpha value is -1.55. The molecule has 0 radical (unpaired) electrons. The molecule has 1 rings (SSSR count). The zero-order valence-electron chi connectivity index (χ0n) is 12.8. The Labute approximate surface area is 121 Å².